The van der Waals surface area contributed by atoms with Crippen LogP contribution in [-0.4, -0.2) is 83.6 Å². The van der Waals surface area contributed by atoms with Crippen LogP contribution in [-0.2, 0) is 6.54 Å². The van der Waals surface area contributed by atoms with Crippen molar-refractivity contribution < 1.29 is 23.9 Å². The number of nitrogens with two attached hydrogens (primary N) is 1. The molecule has 0 radical (unpaired) electrons. The number of nitro groups is 1. The van der Waals surface area contributed by atoms with Crippen LogP contribution in [0.5, 0.6) is 23.0 Å². The third-order valence-electron chi connectivity index (χ3n) is 13.7. The van der Waals surface area contributed by atoms with Crippen molar-refractivity contribution in [1.29, 1.82) is 0 Å². The Balaban J connectivity index is 0.893. The Kier molecular flexibility index (Phi) is 13.1. The number of nitrogen functional groups attached to an aromatic ring is 1. The van der Waals surface area contributed by atoms with E-state index in [2.05, 4.69) is 67.5 Å². The summed E-state index contributed by atoms with van der Waals surface area (Å²) in [5.74, 6) is 2.08. The SMILES string of the molecule is COc1cc(CN2CCN(C3CC4(CCN(c5ccc(C(=O)NSc6ccc(N)c([N+](=O)[O-])c6)c(Oc6cnc7[nH]ccc7c6)c5)CC4)C3)C(c3ccccc3C(C)C)C2)cc(Cl)c1OC. The molecule has 1 atom stereocenters. The average Bonchev–Trinajstić information content (AvgIpc) is 3.78. The van der Waals surface area contributed by atoms with E-state index in [1.54, 1.807) is 32.5 Å². The molecule has 1 spiro atoms. The van der Waals surface area contributed by atoms with Gasteiger partial charge in [0.25, 0.3) is 11.6 Å². The summed E-state index contributed by atoms with van der Waals surface area (Å²) in [5.41, 5.74) is 11.9. The number of pyridine rings is 1. The third kappa shape index (κ3) is 9.35. The number of methoxy groups -OCH3 is 2. The number of benzene rings is 4. The van der Waals surface area contributed by atoms with E-state index in [9.17, 15) is 14.9 Å². The molecule has 1 unspecified atom stereocenters. The van der Waals surface area contributed by atoms with Gasteiger partial charge >= 0.3 is 0 Å². The van der Waals surface area contributed by atoms with Crippen molar-refractivity contribution in [2.75, 3.05) is 57.6 Å². The maximum absolute atomic E-state index is 13.8. The second-order valence-electron chi connectivity index (χ2n) is 18.0. The van der Waals surface area contributed by atoms with Crippen molar-refractivity contribution in [3.05, 3.63) is 135 Å². The molecule has 16 heteroatoms. The molecule has 2 aromatic heterocycles. The number of amides is 1. The monoisotopic (exact) mass is 930 g/mol. The first-order valence-electron chi connectivity index (χ1n) is 22.4. The fraction of sp³-hybridized carbons (Fsp3) is 0.360. The first-order chi connectivity index (χ1) is 31.9. The molecule has 1 aliphatic carbocycles. The highest BCUT2D eigenvalue weighted by Gasteiger charge is 2.50. The van der Waals surface area contributed by atoms with E-state index >= 15 is 0 Å². The quantitative estimate of drug-likeness (QED) is 0.0410. The van der Waals surface area contributed by atoms with E-state index < -0.39 is 10.8 Å². The van der Waals surface area contributed by atoms with Gasteiger partial charge in [0, 0.05) is 85.7 Å². The number of piperidine rings is 1. The molecule has 2 aliphatic heterocycles. The Morgan fingerprint density at radius 1 is 1.00 bits per heavy atom. The number of fused-ring (bicyclic) bond motifs is 1. The van der Waals surface area contributed by atoms with Gasteiger partial charge in [-0.1, -0.05) is 49.7 Å². The van der Waals surface area contributed by atoms with Gasteiger partial charge in [0.1, 0.15) is 22.8 Å². The van der Waals surface area contributed by atoms with Gasteiger partial charge in [0.2, 0.25) is 0 Å². The van der Waals surface area contributed by atoms with Gasteiger partial charge < -0.3 is 29.8 Å². The maximum atomic E-state index is 13.8. The number of hydrogen-bond acceptors (Lipinski definition) is 12. The molecule has 1 saturated carbocycles. The first-order valence-corrected chi connectivity index (χ1v) is 23.6. The second-order valence-corrected chi connectivity index (χ2v) is 19.3. The number of nitrogens with zero attached hydrogens (tertiary/aromatic N) is 5. The van der Waals surface area contributed by atoms with E-state index in [-0.39, 0.29) is 22.8 Å². The summed E-state index contributed by atoms with van der Waals surface area (Å²) in [6.45, 7) is 9.99. The smallest absolute Gasteiger partial charge is 0.293 e. The fourth-order valence-electron chi connectivity index (χ4n) is 10.2. The minimum absolute atomic E-state index is 0.0528. The Morgan fingerprint density at radius 3 is 2.56 bits per heavy atom. The minimum atomic E-state index is -0.542. The number of halogens is 1. The number of carbonyl (C=O) groups is 1. The molecule has 0 bridgehead atoms. The van der Waals surface area contributed by atoms with Crippen LogP contribution < -0.4 is 29.6 Å². The Hall–Kier alpha value is -6.00. The van der Waals surface area contributed by atoms with E-state index in [0.29, 0.717) is 50.4 Å². The number of H-pyrrole nitrogens is 1. The second kappa shape index (κ2) is 19.1. The molecule has 66 heavy (non-hydrogen) atoms. The van der Waals surface area contributed by atoms with Crippen molar-refractivity contribution in [2.24, 2.45) is 5.41 Å². The van der Waals surface area contributed by atoms with Crippen LogP contribution >= 0.6 is 23.5 Å². The van der Waals surface area contributed by atoms with Gasteiger partial charge in [-0.2, -0.15) is 0 Å². The van der Waals surface area contributed by atoms with Crippen LogP contribution in [0.3, 0.4) is 0 Å². The highest BCUT2D eigenvalue weighted by molar-refractivity contribution is 7.98. The predicted molar refractivity (Wildman–Crippen MR) is 260 cm³/mol. The minimum Gasteiger partial charge on any atom is -0.493 e. The number of hydrogen-bond donors (Lipinski definition) is 3. The van der Waals surface area contributed by atoms with Crippen LogP contribution in [0.4, 0.5) is 17.1 Å². The number of anilines is 2. The van der Waals surface area contributed by atoms with Crippen LogP contribution in [0.1, 0.15) is 78.5 Å². The number of rotatable bonds is 14. The zero-order valence-corrected chi connectivity index (χ0v) is 39.2. The Bertz CT molecular complexity index is 2750. The first kappa shape index (κ1) is 45.2. The predicted octanol–water partition coefficient (Wildman–Crippen LogP) is 10.4. The summed E-state index contributed by atoms with van der Waals surface area (Å²) < 4.78 is 20.4. The van der Waals surface area contributed by atoms with Gasteiger partial charge in [-0.05, 0) is 114 Å². The maximum Gasteiger partial charge on any atom is 0.293 e. The summed E-state index contributed by atoms with van der Waals surface area (Å²) >= 11 is 7.63. The topological polar surface area (TPSA) is 164 Å². The number of carbonyl (C=O) groups excluding carboxylic acids is 1. The summed E-state index contributed by atoms with van der Waals surface area (Å²) in [5, 5.41) is 12.9. The zero-order chi connectivity index (χ0) is 46.1. The van der Waals surface area contributed by atoms with Gasteiger partial charge in [-0.3, -0.25) is 29.4 Å². The summed E-state index contributed by atoms with van der Waals surface area (Å²) in [4.78, 5) is 40.5. The number of aromatic amines is 1. The lowest BCUT2D eigenvalue weighted by molar-refractivity contribution is -0.384. The van der Waals surface area contributed by atoms with E-state index in [1.165, 1.54) is 36.1 Å². The number of piperazine rings is 1. The highest BCUT2D eigenvalue weighted by atomic mass is 35.5. The molecule has 1 amide bonds. The molecule has 344 valence electrons. The lowest BCUT2D eigenvalue weighted by Gasteiger charge is -2.58. The lowest BCUT2D eigenvalue weighted by atomic mass is 9.59. The van der Waals surface area contributed by atoms with Crippen molar-refractivity contribution in [1.82, 2.24) is 24.5 Å². The molecule has 4 N–H and O–H groups in total. The van der Waals surface area contributed by atoms with Crippen molar-refractivity contribution >= 4 is 57.6 Å². The molecule has 9 rings (SSSR count). The molecule has 6 aromatic rings. The van der Waals surface area contributed by atoms with Gasteiger partial charge in [0.05, 0.1) is 35.9 Å². The number of ether oxygens (including phenoxy) is 3. The van der Waals surface area contributed by atoms with Crippen molar-refractivity contribution in [3.63, 3.8) is 0 Å². The van der Waals surface area contributed by atoms with Gasteiger partial charge in [-0.15, -0.1) is 0 Å². The standard InChI is InChI=1S/C50H55ClN8O6S/c1-31(2)38-7-5-6-8-39(38)44-30-56(29-32-21-41(51)47(64-4)46(22-32)63-3)19-20-58(44)35-26-50(27-35)14-17-57(18-15-50)34-9-11-40(45(24-34)65-36-23-33-13-16-53-48(33)54-28-36)49(60)55-66-37-10-12-42(52)43(25-37)59(61)62/h5-13,16,21-25,28,31,35,44H,14-15,17-20,26-27,29-30,52H2,1-4H3,(H,53,54)(H,55,60). The van der Waals surface area contributed by atoms with E-state index in [4.69, 9.17) is 31.5 Å². The molecular weight excluding hydrogens is 876 g/mol. The number of nitrogens with one attached hydrogen (secondary N) is 2. The highest BCUT2D eigenvalue weighted by Crippen LogP contribution is 2.53. The largest absolute Gasteiger partial charge is 0.493 e. The van der Waals surface area contributed by atoms with Crippen LogP contribution in [0, 0.1) is 15.5 Å². The molecule has 2 saturated heterocycles. The molecule has 4 heterocycles. The van der Waals surface area contributed by atoms with Crippen LogP contribution in [0.15, 0.2) is 102 Å². The van der Waals surface area contributed by atoms with Gasteiger partial charge in [-0.25, -0.2) is 4.98 Å². The number of aromatic nitrogens is 2. The van der Waals surface area contributed by atoms with Crippen molar-refractivity contribution in [3.8, 4) is 23.0 Å². The Morgan fingerprint density at radius 2 is 1.80 bits per heavy atom. The molecule has 4 aromatic carbocycles. The molecular formula is C50H55ClN8O6S. The van der Waals surface area contributed by atoms with E-state index in [0.717, 1.165) is 86.3 Å². The summed E-state index contributed by atoms with van der Waals surface area (Å²) in [6.07, 6.45) is 7.94. The third-order valence-corrected chi connectivity index (χ3v) is 14.7. The lowest BCUT2D eigenvalue weighted by Crippen LogP contribution is -2.60. The normalized spacial score (nSPS) is 17.8. The summed E-state index contributed by atoms with van der Waals surface area (Å²) in [6, 6.07) is 27.7. The average molecular weight is 932 g/mol. The van der Waals surface area contributed by atoms with Crippen LogP contribution in [0.2, 0.25) is 5.02 Å². The van der Waals surface area contributed by atoms with E-state index in [1.807, 2.05) is 42.6 Å². The fourth-order valence-corrected chi connectivity index (χ4v) is 11.1. The molecule has 14 nitrogen and oxygen atoms in total. The Labute approximate surface area is 394 Å². The van der Waals surface area contributed by atoms with Gasteiger partial charge in [0.15, 0.2) is 11.5 Å². The van der Waals surface area contributed by atoms with Crippen LogP contribution in [0.25, 0.3) is 11.0 Å². The number of nitro benzene ring substituents is 1. The summed E-state index contributed by atoms with van der Waals surface area (Å²) in [7, 11) is 3.26. The zero-order valence-electron chi connectivity index (χ0n) is 37.6. The van der Waals surface area contributed by atoms with Crippen molar-refractivity contribution in [2.45, 2.75) is 69.0 Å². The molecule has 3 fully saturated rings. The molecule has 3 aliphatic rings.